The van der Waals surface area contributed by atoms with Gasteiger partial charge in [-0.05, 0) is 68.1 Å². The van der Waals surface area contributed by atoms with Gasteiger partial charge in [-0.2, -0.15) is 0 Å². The van der Waals surface area contributed by atoms with Gasteiger partial charge < -0.3 is 4.42 Å². The Morgan fingerprint density at radius 2 is 0.882 bits per heavy atom. The molecule has 0 fully saturated rings. The predicted octanol–water partition coefficient (Wildman–Crippen LogP) is 12.4. The van der Waals surface area contributed by atoms with Crippen LogP contribution in [0, 0.1) is 0 Å². The summed E-state index contributed by atoms with van der Waals surface area (Å²) < 4.78 is 6.46. The Hall–Kier alpha value is -6.91. The molecule has 0 aliphatic heterocycles. The van der Waals surface area contributed by atoms with Gasteiger partial charge in [0.25, 0.3) is 0 Å². The summed E-state index contributed by atoms with van der Waals surface area (Å²) in [4.78, 5) is 15.5. The molecule has 2 heterocycles. The summed E-state index contributed by atoms with van der Waals surface area (Å²) in [7, 11) is 0. The second-order valence-corrected chi connectivity index (χ2v) is 12.8. The fraction of sp³-hybridized carbons (Fsp3) is 0. The zero-order chi connectivity index (χ0) is 33.7. The minimum atomic E-state index is 0.564. The van der Waals surface area contributed by atoms with Crippen molar-refractivity contribution < 1.29 is 4.42 Å². The van der Waals surface area contributed by atoms with Crippen molar-refractivity contribution in [3.8, 4) is 56.4 Å². The van der Waals surface area contributed by atoms with Crippen molar-refractivity contribution in [2.75, 3.05) is 0 Å². The van der Waals surface area contributed by atoms with Crippen LogP contribution in [0.3, 0.4) is 0 Å². The maximum Gasteiger partial charge on any atom is 0.167 e. The Labute approximate surface area is 294 Å². The smallest absolute Gasteiger partial charge is 0.167 e. The average Bonchev–Trinajstić information content (AvgIpc) is 3.59. The Morgan fingerprint density at radius 3 is 1.71 bits per heavy atom. The molecule has 0 saturated carbocycles. The number of para-hydroxylation sites is 2. The maximum absolute atomic E-state index is 6.46. The lowest BCUT2D eigenvalue weighted by atomic mass is 9.93. The van der Waals surface area contributed by atoms with Crippen LogP contribution in [-0.2, 0) is 0 Å². The van der Waals surface area contributed by atoms with Crippen molar-refractivity contribution in [2.24, 2.45) is 0 Å². The first kappa shape index (κ1) is 29.0. The third-order valence-electron chi connectivity index (χ3n) is 9.76. The molecular weight excluding hydrogens is 623 g/mol. The van der Waals surface area contributed by atoms with Gasteiger partial charge in [-0.15, -0.1) is 0 Å². The van der Waals surface area contributed by atoms with Crippen molar-refractivity contribution >= 4 is 43.5 Å². The van der Waals surface area contributed by atoms with Crippen LogP contribution < -0.4 is 0 Å². The van der Waals surface area contributed by atoms with Gasteiger partial charge >= 0.3 is 0 Å². The molecule has 10 rings (SSSR count). The van der Waals surface area contributed by atoms with E-state index in [9.17, 15) is 0 Å². The van der Waals surface area contributed by atoms with Crippen molar-refractivity contribution in [3.05, 3.63) is 176 Å². The lowest BCUT2D eigenvalue weighted by Crippen LogP contribution is -2.01. The molecule has 0 saturated heterocycles. The Bertz CT molecular complexity index is 2910. The molecule has 0 aliphatic carbocycles. The zero-order valence-corrected chi connectivity index (χ0v) is 27.5. The number of nitrogens with zero attached hydrogens (tertiary/aromatic N) is 3. The van der Waals surface area contributed by atoms with Crippen molar-refractivity contribution in [3.63, 3.8) is 0 Å². The van der Waals surface area contributed by atoms with Gasteiger partial charge in [0.05, 0.1) is 5.56 Å². The van der Waals surface area contributed by atoms with Gasteiger partial charge in [0.15, 0.2) is 17.5 Å². The second-order valence-electron chi connectivity index (χ2n) is 12.8. The zero-order valence-electron chi connectivity index (χ0n) is 27.5. The molecule has 0 spiro atoms. The van der Waals surface area contributed by atoms with Crippen LogP contribution in [0.5, 0.6) is 0 Å². The topological polar surface area (TPSA) is 51.8 Å². The van der Waals surface area contributed by atoms with Crippen LogP contribution in [-0.4, -0.2) is 15.0 Å². The van der Waals surface area contributed by atoms with E-state index in [0.717, 1.165) is 66.1 Å². The number of benzene rings is 8. The number of hydrogen-bond donors (Lipinski definition) is 0. The van der Waals surface area contributed by atoms with E-state index in [1.54, 1.807) is 0 Å². The monoisotopic (exact) mass is 651 g/mol. The molecule has 0 bridgehead atoms. The summed E-state index contributed by atoms with van der Waals surface area (Å²) in [6.07, 6.45) is 0. The highest BCUT2D eigenvalue weighted by Gasteiger charge is 2.19. The highest BCUT2D eigenvalue weighted by atomic mass is 16.3. The van der Waals surface area contributed by atoms with Gasteiger partial charge in [0, 0.05) is 21.9 Å². The van der Waals surface area contributed by atoms with E-state index in [1.165, 1.54) is 16.3 Å². The van der Waals surface area contributed by atoms with E-state index in [0.29, 0.717) is 17.5 Å². The molecular formula is C47H29N3O. The standard InChI is InChI=1S/C47H29N3O/c1-2-11-30(12-3-1)32-21-24-33(25-22-32)45-48-46(50-47(49-45)42-19-10-18-40-39-17-8-9-20-43(39)51-44(40)42)41-28-27-36(37-15-6-7-16-38(37)41)35-26-23-31-13-4-5-14-34(31)29-35/h1-29H. The van der Waals surface area contributed by atoms with E-state index in [1.807, 2.05) is 36.4 Å². The lowest BCUT2D eigenvalue weighted by molar-refractivity contribution is 0.669. The van der Waals surface area contributed by atoms with Crippen LogP contribution in [0.2, 0.25) is 0 Å². The molecule has 0 aliphatic rings. The molecule has 0 unspecified atom stereocenters. The molecule has 0 amide bonds. The molecule has 51 heavy (non-hydrogen) atoms. The first-order valence-corrected chi connectivity index (χ1v) is 17.1. The molecule has 4 nitrogen and oxygen atoms in total. The number of furan rings is 1. The summed E-state index contributed by atoms with van der Waals surface area (Å²) >= 11 is 0. The number of fused-ring (bicyclic) bond motifs is 5. The average molecular weight is 652 g/mol. The molecule has 2 aromatic heterocycles. The van der Waals surface area contributed by atoms with Crippen LogP contribution >= 0.6 is 0 Å². The Balaban J connectivity index is 1.18. The van der Waals surface area contributed by atoms with Crippen LogP contribution in [0.4, 0.5) is 0 Å². The first-order valence-electron chi connectivity index (χ1n) is 17.1. The summed E-state index contributed by atoms with van der Waals surface area (Å²) in [5.74, 6) is 1.77. The number of hydrogen-bond acceptors (Lipinski definition) is 4. The third-order valence-corrected chi connectivity index (χ3v) is 9.76. The van der Waals surface area contributed by atoms with E-state index in [4.69, 9.17) is 19.4 Å². The van der Waals surface area contributed by atoms with Crippen molar-refractivity contribution in [1.82, 2.24) is 15.0 Å². The van der Waals surface area contributed by atoms with Gasteiger partial charge in [0.1, 0.15) is 11.2 Å². The van der Waals surface area contributed by atoms with E-state index >= 15 is 0 Å². The Morgan fingerprint density at radius 1 is 0.314 bits per heavy atom. The van der Waals surface area contributed by atoms with Crippen molar-refractivity contribution in [2.45, 2.75) is 0 Å². The minimum Gasteiger partial charge on any atom is -0.455 e. The molecule has 0 radical (unpaired) electrons. The summed E-state index contributed by atoms with van der Waals surface area (Å²) in [6, 6.07) is 61.1. The quantitative estimate of drug-likeness (QED) is 0.186. The molecule has 0 N–H and O–H groups in total. The van der Waals surface area contributed by atoms with Crippen molar-refractivity contribution in [1.29, 1.82) is 0 Å². The normalized spacial score (nSPS) is 11.5. The fourth-order valence-electron chi connectivity index (χ4n) is 7.21. The lowest BCUT2D eigenvalue weighted by Gasteiger charge is -2.14. The summed E-state index contributed by atoms with van der Waals surface area (Å²) in [5, 5.41) is 6.75. The van der Waals surface area contributed by atoms with Gasteiger partial charge in [-0.1, -0.05) is 152 Å². The predicted molar refractivity (Wildman–Crippen MR) is 209 cm³/mol. The van der Waals surface area contributed by atoms with Gasteiger partial charge in [-0.3, -0.25) is 0 Å². The molecule has 10 aromatic rings. The molecule has 0 atom stereocenters. The minimum absolute atomic E-state index is 0.564. The van der Waals surface area contributed by atoms with Crippen LogP contribution in [0.15, 0.2) is 180 Å². The summed E-state index contributed by atoms with van der Waals surface area (Å²) in [5.41, 5.74) is 8.91. The van der Waals surface area contributed by atoms with E-state index < -0.39 is 0 Å². The third kappa shape index (κ3) is 5.04. The largest absolute Gasteiger partial charge is 0.455 e. The van der Waals surface area contributed by atoms with E-state index in [-0.39, 0.29) is 0 Å². The van der Waals surface area contributed by atoms with E-state index in [2.05, 4.69) is 140 Å². The fourth-order valence-corrected chi connectivity index (χ4v) is 7.21. The summed E-state index contributed by atoms with van der Waals surface area (Å²) in [6.45, 7) is 0. The van der Waals surface area contributed by atoms with Gasteiger partial charge in [-0.25, -0.2) is 15.0 Å². The van der Waals surface area contributed by atoms with Gasteiger partial charge in [0.2, 0.25) is 0 Å². The molecule has 8 aromatic carbocycles. The number of aromatic nitrogens is 3. The second kappa shape index (κ2) is 11.9. The first-order chi connectivity index (χ1) is 25.3. The Kier molecular flexibility index (Phi) is 6.78. The highest BCUT2D eigenvalue weighted by Crippen LogP contribution is 2.39. The maximum atomic E-state index is 6.46. The molecule has 238 valence electrons. The number of rotatable bonds is 5. The highest BCUT2D eigenvalue weighted by molar-refractivity contribution is 6.09. The van der Waals surface area contributed by atoms with Crippen LogP contribution in [0.25, 0.3) is 99.9 Å². The SMILES string of the molecule is c1ccc(-c2ccc(-c3nc(-c4ccc(-c5ccc6ccccc6c5)c5ccccc45)nc(-c4cccc5c4oc4ccccc45)n3)cc2)cc1. The van der Waals surface area contributed by atoms with Crippen LogP contribution in [0.1, 0.15) is 0 Å². The molecule has 4 heteroatoms.